The van der Waals surface area contributed by atoms with E-state index in [2.05, 4.69) is 45.1 Å². The van der Waals surface area contributed by atoms with Crippen LogP contribution >= 0.6 is 0 Å². The van der Waals surface area contributed by atoms with Crippen molar-refractivity contribution in [2.24, 2.45) is 0 Å². The molecule has 0 N–H and O–H groups in total. The van der Waals surface area contributed by atoms with Gasteiger partial charge < -0.3 is 14.2 Å². The topological polar surface area (TPSA) is 78.9 Å². The molecule has 0 aromatic carbocycles. The average Bonchev–Trinajstić information content (AvgIpc) is 3.06. The first-order chi connectivity index (χ1) is 23.0. The van der Waals surface area contributed by atoms with Crippen molar-refractivity contribution < 1.29 is 28.6 Å². The molecule has 0 saturated heterocycles. The molecule has 6 heteroatoms. The van der Waals surface area contributed by atoms with Crippen LogP contribution in [0.4, 0.5) is 0 Å². The lowest BCUT2D eigenvalue weighted by atomic mass is 10.1. The summed E-state index contributed by atoms with van der Waals surface area (Å²) in [7, 11) is 0. The van der Waals surface area contributed by atoms with Gasteiger partial charge in [-0.3, -0.25) is 14.4 Å². The molecule has 0 heterocycles. The summed E-state index contributed by atoms with van der Waals surface area (Å²) in [4.78, 5) is 37.2. The van der Waals surface area contributed by atoms with Gasteiger partial charge >= 0.3 is 17.9 Å². The van der Waals surface area contributed by atoms with Crippen LogP contribution in [0.25, 0.3) is 0 Å². The number of hydrogen-bond donors (Lipinski definition) is 0. The smallest absolute Gasteiger partial charge is 0.306 e. The highest BCUT2D eigenvalue weighted by Crippen LogP contribution is 2.14. The molecule has 274 valence electrons. The van der Waals surface area contributed by atoms with Crippen molar-refractivity contribution >= 4 is 17.9 Å². The van der Waals surface area contributed by atoms with Crippen molar-refractivity contribution in [3.63, 3.8) is 0 Å². The van der Waals surface area contributed by atoms with Gasteiger partial charge in [-0.05, 0) is 44.9 Å². The van der Waals surface area contributed by atoms with Gasteiger partial charge in [0.2, 0.25) is 0 Å². The summed E-state index contributed by atoms with van der Waals surface area (Å²) >= 11 is 0. The van der Waals surface area contributed by atoms with Gasteiger partial charge in [-0.2, -0.15) is 0 Å². The molecule has 1 atom stereocenters. The van der Waals surface area contributed by atoms with Crippen molar-refractivity contribution in [2.75, 3.05) is 13.2 Å². The number of rotatable bonds is 35. The van der Waals surface area contributed by atoms with Crippen LogP contribution in [0.1, 0.15) is 201 Å². The standard InChI is InChI=1S/C41H74O6/c1-4-7-10-13-15-17-19-20-22-23-25-28-31-34-40(43)46-37-38(36-45-39(42)33-30-27-12-9-6-3)47-41(44)35-32-29-26-24-21-18-16-14-11-8-5-2/h10,13,17,19,38H,4-9,11-12,14-16,18,20-37H2,1-3H3/b13-10-,19-17-. The Bertz CT molecular complexity index is 774. The molecular weight excluding hydrogens is 588 g/mol. The summed E-state index contributed by atoms with van der Waals surface area (Å²) in [5.74, 6) is -0.906. The van der Waals surface area contributed by atoms with E-state index in [0.717, 1.165) is 89.9 Å². The maximum absolute atomic E-state index is 12.6. The van der Waals surface area contributed by atoms with E-state index in [-0.39, 0.29) is 31.1 Å². The molecule has 0 rings (SSSR count). The summed E-state index contributed by atoms with van der Waals surface area (Å²) in [5, 5.41) is 0. The molecular formula is C41H74O6. The Hall–Kier alpha value is -2.11. The summed E-state index contributed by atoms with van der Waals surface area (Å²) in [6.07, 6.45) is 37.6. The normalized spacial score (nSPS) is 12.1. The van der Waals surface area contributed by atoms with Crippen molar-refractivity contribution in [3.05, 3.63) is 24.3 Å². The minimum absolute atomic E-state index is 0.0749. The fourth-order valence-corrected chi connectivity index (χ4v) is 5.42. The third kappa shape index (κ3) is 35.0. The second kappa shape index (κ2) is 36.7. The second-order valence-corrected chi connectivity index (χ2v) is 13.2. The zero-order valence-corrected chi connectivity index (χ0v) is 31.0. The molecule has 0 amide bonds. The first kappa shape index (κ1) is 44.9. The molecule has 0 bridgehead atoms. The number of carbonyl (C=O) groups excluding carboxylic acids is 3. The molecule has 0 radical (unpaired) electrons. The number of allylic oxidation sites excluding steroid dienone is 4. The van der Waals surface area contributed by atoms with Crippen LogP contribution in [0, 0.1) is 0 Å². The number of unbranched alkanes of at least 4 members (excludes halogenated alkanes) is 20. The predicted molar refractivity (Wildman–Crippen MR) is 196 cm³/mol. The number of carbonyl (C=O) groups is 3. The highest BCUT2D eigenvalue weighted by molar-refractivity contribution is 5.71. The predicted octanol–water partition coefficient (Wildman–Crippen LogP) is 12.1. The first-order valence-corrected chi connectivity index (χ1v) is 19.8. The van der Waals surface area contributed by atoms with E-state index in [9.17, 15) is 14.4 Å². The summed E-state index contributed by atoms with van der Waals surface area (Å²) in [5.41, 5.74) is 0. The third-order valence-corrected chi connectivity index (χ3v) is 8.44. The van der Waals surface area contributed by atoms with Gasteiger partial charge in [0.25, 0.3) is 0 Å². The second-order valence-electron chi connectivity index (χ2n) is 13.2. The maximum Gasteiger partial charge on any atom is 0.306 e. The van der Waals surface area contributed by atoms with E-state index in [1.807, 2.05) is 0 Å². The SMILES string of the molecule is CCC/C=C\C/C=C\CCCCCCCC(=O)OCC(COC(=O)CCCCCCC)OC(=O)CCCCCCCCCCCCC. The van der Waals surface area contributed by atoms with Gasteiger partial charge in [0.05, 0.1) is 0 Å². The molecule has 0 saturated carbocycles. The molecule has 0 spiro atoms. The van der Waals surface area contributed by atoms with Gasteiger partial charge in [0.15, 0.2) is 6.10 Å². The lowest BCUT2D eigenvalue weighted by molar-refractivity contribution is -0.167. The highest BCUT2D eigenvalue weighted by Gasteiger charge is 2.19. The van der Waals surface area contributed by atoms with Crippen molar-refractivity contribution in [1.82, 2.24) is 0 Å². The molecule has 0 aromatic rings. The molecule has 0 aliphatic rings. The van der Waals surface area contributed by atoms with Crippen LogP contribution in [0.5, 0.6) is 0 Å². The Balaban J connectivity index is 4.29. The Labute approximate surface area is 290 Å². The van der Waals surface area contributed by atoms with E-state index >= 15 is 0 Å². The lowest BCUT2D eigenvalue weighted by Crippen LogP contribution is -2.30. The number of hydrogen-bond acceptors (Lipinski definition) is 6. The Morgan fingerprint density at radius 1 is 0.426 bits per heavy atom. The van der Waals surface area contributed by atoms with E-state index in [0.29, 0.717) is 19.3 Å². The van der Waals surface area contributed by atoms with Crippen LogP contribution in [0.3, 0.4) is 0 Å². The van der Waals surface area contributed by atoms with Gasteiger partial charge in [-0.15, -0.1) is 0 Å². The number of esters is 3. The van der Waals surface area contributed by atoms with E-state index in [1.54, 1.807) is 0 Å². The van der Waals surface area contributed by atoms with Crippen LogP contribution in [0.2, 0.25) is 0 Å². The summed E-state index contributed by atoms with van der Waals surface area (Å²) in [6, 6.07) is 0. The Morgan fingerprint density at radius 3 is 1.26 bits per heavy atom. The van der Waals surface area contributed by atoms with Gasteiger partial charge in [0.1, 0.15) is 13.2 Å². The maximum atomic E-state index is 12.6. The number of ether oxygens (including phenoxy) is 3. The van der Waals surface area contributed by atoms with Crippen molar-refractivity contribution in [3.8, 4) is 0 Å². The third-order valence-electron chi connectivity index (χ3n) is 8.44. The minimum Gasteiger partial charge on any atom is -0.462 e. The van der Waals surface area contributed by atoms with Crippen LogP contribution in [-0.2, 0) is 28.6 Å². The van der Waals surface area contributed by atoms with Crippen molar-refractivity contribution in [1.29, 1.82) is 0 Å². The van der Waals surface area contributed by atoms with Crippen molar-refractivity contribution in [2.45, 2.75) is 207 Å². The van der Waals surface area contributed by atoms with Gasteiger partial charge in [0, 0.05) is 19.3 Å². The summed E-state index contributed by atoms with van der Waals surface area (Å²) in [6.45, 7) is 6.45. The van der Waals surface area contributed by atoms with E-state index < -0.39 is 6.10 Å². The zero-order valence-electron chi connectivity index (χ0n) is 31.0. The molecule has 6 nitrogen and oxygen atoms in total. The highest BCUT2D eigenvalue weighted by atomic mass is 16.6. The zero-order chi connectivity index (χ0) is 34.5. The fraction of sp³-hybridized carbons (Fsp3) is 0.829. The van der Waals surface area contributed by atoms with Gasteiger partial charge in [-0.25, -0.2) is 0 Å². The van der Waals surface area contributed by atoms with E-state index in [4.69, 9.17) is 14.2 Å². The molecule has 1 unspecified atom stereocenters. The lowest BCUT2D eigenvalue weighted by Gasteiger charge is -2.18. The molecule has 0 aliphatic heterocycles. The monoisotopic (exact) mass is 663 g/mol. The molecule has 0 fully saturated rings. The fourth-order valence-electron chi connectivity index (χ4n) is 5.42. The molecule has 0 aliphatic carbocycles. The summed E-state index contributed by atoms with van der Waals surface area (Å²) < 4.78 is 16.5. The minimum atomic E-state index is -0.765. The van der Waals surface area contributed by atoms with Crippen LogP contribution in [0.15, 0.2) is 24.3 Å². The van der Waals surface area contributed by atoms with Crippen LogP contribution in [-0.4, -0.2) is 37.2 Å². The quantitative estimate of drug-likeness (QED) is 0.0291. The molecule has 0 aromatic heterocycles. The first-order valence-electron chi connectivity index (χ1n) is 19.8. The Morgan fingerprint density at radius 2 is 0.809 bits per heavy atom. The largest absolute Gasteiger partial charge is 0.462 e. The van der Waals surface area contributed by atoms with Crippen LogP contribution < -0.4 is 0 Å². The van der Waals surface area contributed by atoms with Gasteiger partial charge in [-0.1, -0.05) is 161 Å². The van der Waals surface area contributed by atoms with E-state index in [1.165, 1.54) is 70.6 Å². The molecule has 47 heavy (non-hydrogen) atoms. The average molecular weight is 663 g/mol. The Kier molecular flexibility index (Phi) is 35.1.